The standard InChI is InChI=1S/C18H21NO6S/c1-4-9-25-18(22)14(10-26-11-15(23-2)24-3)19-16(20)12-7-5-6-8-13(12)17(19)21/h4-8,14-15H,1,9-11H2,2-3H3/t14-/m1/s1. The van der Waals surface area contributed by atoms with Crippen molar-refractivity contribution in [2.75, 3.05) is 32.3 Å². The van der Waals surface area contributed by atoms with E-state index >= 15 is 0 Å². The Bertz CT molecular complexity index is 653. The Labute approximate surface area is 156 Å². The minimum absolute atomic E-state index is 0.00192. The predicted octanol–water partition coefficient (Wildman–Crippen LogP) is 1.73. The average Bonchev–Trinajstić information content (AvgIpc) is 2.91. The van der Waals surface area contributed by atoms with Gasteiger partial charge in [-0.15, -0.1) is 0 Å². The quantitative estimate of drug-likeness (QED) is 0.265. The van der Waals surface area contributed by atoms with Gasteiger partial charge in [-0.3, -0.25) is 14.5 Å². The normalized spacial score (nSPS) is 14.5. The number of thioether (sulfide) groups is 1. The number of ether oxygens (including phenoxy) is 3. The van der Waals surface area contributed by atoms with E-state index in [4.69, 9.17) is 14.2 Å². The predicted molar refractivity (Wildman–Crippen MR) is 97.0 cm³/mol. The fraction of sp³-hybridized carbons (Fsp3) is 0.389. The van der Waals surface area contributed by atoms with Crippen LogP contribution in [0, 0.1) is 0 Å². The Morgan fingerprint density at radius 3 is 2.23 bits per heavy atom. The SMILES string of the molecule is C=CCOC(=O)[C@@H](CSCC(OC)OC)N1C(=O)c2ccccc2C1=O. The molecule has 0 aliphatic carbocycles. The third kappa shape index (κ3) is 4.32. The summed E-state index contributed by atoms with van der Waals surface area (Å²) in [5.74, 6) is -1.05. The van der Waals surface area contributed by atoms with Gasteiger partial charge in [0.1, 0.15) is 12.6 Å². The van der Waals surface area contributed by atoms with Gasteiger partial charge in [-0.2, -0.15) is 11.8 Å². The molecule has 2 amide bonds. The van der Waals surface area contributed by atoms with Gasteiger partial charge in [0.25, 0.3) is 11.8 Å². The van der Waals surface area contributed by atoms with Gasteiger partial charge >= 0.3 is 5.97 Å². The van der Waals surface area contributed by atoms with Crippen molar-refractivity contribution in [3.05, 3.63) is 48.0 Å². The molecule has 2 rings (SSSR count). The molecule has 26 heavy (non-hydrogen) atoms. The molecule has 0 fully saturated rings. The summed E-state index contributed by atoms with van der Waals surface area (Å²) in [5, 5.41) is 0. The summed E-state index contributed by atoms with van der Waals surface area (Å²) in [6, 6.07) is 5.45. The van der Waals surface area contributed by atoms with E-state index in [0.717, 1.165) is 4.90 Å². The number of rotatable bonds is 10. The van der Waals surface area contributed by atoms with Gasteiger partial charge < -0.3 is 14.2 Å². The lowest BCUT2D eigenvalue weighted by molar-refractivity contribution is -0.146. The van der Waals surface area contributed by atoms with E-state index in [-0.39, 0.29) is 23.5 Å². The summed E-state index contributed by atoms with van der Waals surface area (Å²) in [7, 11) is 3.02. The summed E-state index contributed by atoms with van der Waals surface area (Å²) in [6.45, 7) is 3.50. The van der Waals surface area contributed by atoms with Crippen LogP contribution in [0.4, 0.5) is 0 Å². The molecule has 1 aliphatic rings. The lowest BCUT2D eigenvalue weighted by Crippen LogP contribution is -2.47. The molecule has 0 N–H and O–H groups in total. The van der Waals surface area contributed by atoms with Crippen LogP contribution in [0.25, 0.3) is 0 Å². The van der Waals surface area contributed by atoms with Crippen molar-refractivity contribution in [2.45, 2.75) is 12.3 Å². The highest BCUT2D eigenvalue weighted by Crippen LogP contribution is 2.26. The van der Waals surface area contributed by atoms with E-state index in [1.165, 1.54) is 32.1 Å². The Hall–Kier alpha value is -2.16. The highest BCUT2D eigenvalue weighted by atomic mass is 32.2. The first-order chi connectivity index (χ1) is 12.5. The fourth-order valence-corrected chi connectivity index (χ4v) is 3.59. The van der Waals surface area contributed by atoms with Crippen LogP contribution >= 0.6 is 11.8 Å². The lowest BCUT2D eigenvalue weighted by atomic mass is 10.1. The van der Waals surface area contributed by atoms with Gasteiger partial charge in [-0.25, -0.2) is 4.79 Å². The van der Waals surface area contributed by atoms with Gasteiger partial charge in [0.05, 0.1) is 11.1 Å². The third-order valence-corrected chi connectivity index (χ3v) is 4.87. The molecule has 0 saturated heterocycles. The van der Waals surface area contributed by atoms with Gasteiger partial charge in [-0.05, 0) is 12.1 Å². The van der Waals surface area contributed by atoms with Crippen molar-refractivity contribution in [1.82, 2.24) is 4.90 Å². The minimum atomic E-state index is -1.04. The second-order valence-electron chi connectivity index (χ2n) is 5.40. The van der Waals surface area contributed by atoms with Crippen LogP contribution in [0.1, 0.15) is 20.7 Å². The molecule has 0 unspecified atom stereocenters. The Kier molecular flexibility index (Phi) is 7.38. The first-order valence-corrected chi connectivity index (χ1v) is 9.08. The molecule has 1 atom stereocenters. The largest absolute Gasteiger partial charge is 0.460 e. The number of carbonyl (C=O) groups excluding carboxylic acids is 3. The number of benzene rings is 1. The number of hydrogen-bond acceptors (Lipinski definition) is 7. The molecule has 0 aromatic heterocycles. The van der Waals surface area contributed by atoms with Crippen molar-refractivity contribution in [2.24, 2.45) is 0 Å². The molecular weight excluding hydrogens is 358 g/mol. The van der Waals surface area contributed by atoms with Gasteiger partial charge in [0, 0.05) is 25.7 Å². The topological polar surface area (TPSA) is 82.1 Å². The smallest absolute Gasteiger partial charge is 0.330 e. The van der Waals surface area contributed by atoms with Crippen molar-refractivity contribution >= 4 is 29.5 Å². The van der Waals surface area contributed by atoms with Crippen LogP contribution in [0.15, 0.2) is 36.9 Å². The first-order valence-electron chi connectivity index (χ1n) is 7.92. The van der Waals surface area contributed by atoms with E-state index in [0.29, 0.717) is 5.75 Å². The first kappa shape index (κ1) is 20.2. The highest BCUT2D eigenvalue weighted by molar-refractivity contribution is 7.99. The maximum atomic E-state index is 12.7. The van der Waals surface area contributed by atoms with Crippen molar-refractivity contribution in [3.8, 4) is 0 Å². The van der Waals surface area contributed by atoms with Crippen LogP contribution in [-0.4, -0.2) is 67.3 Å². The van der Waals surface area contributed by atoms with Crippen LogP contribution in [0.5, 0.6) is 0 Å². The highest BCUT2D eigenvalue weighted by Gasteiger charge is 2.43. The molecule has 8 heteroatoms. The van der Waals surface area contributed by atoms with Crippen LogP contribution < -0.4 is 0 Å². The summed E-state index contributed by atoms with van der Waals surface area (Å²) >= 11 is 1.33. The molecule has 140 valence electrons. The van der Waals surface area contributed by atoms with E-state index in [9.17, 15) is 14.4 Å². The zero-order chi connectivity index (χ0) is 19.1. The van der Waals surface area contributed by atoms with Gasteiger partial charge in [0.15, 0.2) is 6.29 Å². The zero-order valence-corrected chi connectivity index (χ0v) is 15.5. The van der Waals surface area contributed by atoms with E-state index in [2.05, 4.69) is 6.58 Å². The molecule has 1 aromatic carbocycles. The minimum Gasteiger partial charge on any atom is -0.460 e. The number of imide groups is 1. The summed E-state index contributed by atoms with van der Waals surface area (Å²) in [5.41, 5.74) is 0.575. The second kappa shape index (κ2) is 9.51. The van der Waals surface area contributed by atoms with Gasteiger partial charge in [-0.1, -0.05) is 24.8 Å². The Balaban J connectivity index is 2.18. The average molecular weight is 379 g/mol. The van der Waals surface area contributed by atoms with Gasteiger partial charge in [0.2, 0.25) is 0 Å². The van der Waals surface area contributed by atoms with Crippen LogP contribution in [0.3, 0.4) is 0 Å². The Morgan fingerprint density at radius 2 is 1.73 bits per heavy atom. The molecule has 0 saturated carbocycles. The van der Waals surface area contributed by atoms with Crippen molar-refractivity contribution in [3.63, 3.8) is 0 Å². The third-order valence-electron chi connectivity index (χ3n) is 3.81. The monoisotopic (exact) mass is 379 g/mol. The number of fused-ring (bicyclic) bond motifs is 1. The fourth-order valence-electron chi connectivity index (χ4n) is 2.48. The van der Waals surface area contributed by atoms with E-state index in [1.807, 2.05) is 0 Å². The molecule has 0 bridgehead atoms. The maximum absolute atomic E-state index is 12.7. The molecule has 1 aliphatic heterocycles. The van der Waals surface area contributed by atoms with Crippen molar-refractivity contribution < 1.29 is 28.6 Å². The zero-order valence-electron chi connectivity index (χ0n) is 14.7. The number of carbonyl (C=O) groups is 3. The molecule has 1 aromatic rings. The summed E-state index contributed by atoms with van der Waals surface area (Å²) in [4.78, 5) is 38.7. The molecule has 0 radical (unpaired) electrons. The maximum Gasteiger partial charge on any atom is 0.330 e. The lowest BCUT2D eigenvalue weighted by Gasteiger charge is -2.24. The number of nitrogens with zero attached hydrogens (tertiary/aromatic N) is 1. The molecule has 7 nitrogen and oxygen atoms in total. The summed E-state index contributed by atoms with van der Waals surface area (Å²) in [6.07, 6.45) is 0.975. The van der Waals surface area contributed by atoms with Crippen molar-refractivity contribution in [1.29, 1.82) is 0 Å². The van der Waals surface area contributed by atoms with Crippen LogP contribution in [0.2, 0.25) is 0 Å². The summed E-state index contributed by atoms with van der Waals surface area (Å²) < 4.78 is 15.3. The van der Waals surface area contributed by atoms with E-state index < -0.39 is 30.1 Å². The number of methoxy groups -OCH3 is 2. The molecule has 1 heterocycles. The van der Waals surface area contributed by atoms with E-state index in [1.54, 1.807) is 24.3 Å². The number of amides is 2. The Morgan fingerprint density at radius 1 is 1.15 bits per heavy atom. The molecular formula is C18H21NO6S. The second-order valence-corrected chi connectivity index (χ2v) is 6.47. The van der Waals surface area contributed by atoms with Crippen LogP contribution in [-0.2, 0) is 19.0 Å². The number of esters is 1. The number of hydrogen-bond donors (Lipinski definition) is 0. The molecule has 0 spiro atoms.